The molecule has 0 amide bonds. The summed E-state index contributed by atoms with van der Waals surface area (Å²) in [7, 11) is 0. The largest absolute Gasteiger partial charge is 0.393 e. The van der Waals surface area contributed by atoms with Crippen molar-refractivity contribution in [2.45, 2.75) is 249 Å². The summed E-state index contributed by atoms with van der Waals surface area (Å²) in [6, 6.07) is 0. The lowest BCUT2D eigenvalue weighted by Crippen LogP contribution is -2.57. The maximum atomic E-state index is 11.1. The number of aliphatic hydroxyl groups excluding tert-OH is 2. The molecular weight excluding hydrogens is 729 g/mol. The van der Waals surface area contributed by atoms with Crippen molar-refractivity contribution in [2.75, 3.05) is 0 Å². The summed E-state index contributed by atoms with van der Waals surface area (Å²) in [6.07, 6.45) is 33.1. The maximum absolute atomic E-state index is 11.1. The molecule has 0 aromatic carbocycles. The topological polar surface area (TPSA) is 40.5 Å². The Hall–Kier alpha value is -0.0800. The third-order valence-corrected chi connectivity index (χ3v) is 23.9. The van der Waals surface area contributed by atoms with Crippen molar-refractivity contribution < 1.29 is 10.2 Å². The summed E-state index contributed by atoms with van der Waals surface area (Å²) >= 11 is 0. The predicted octanol–water partition coefficient (Wildman–Crippen LogP) is 16.2. The van der Waals surface area contributed by atoms with Crippen LogP contribution in [0.15, 0.2) is 0 Å². The lowest BCUT2D eigenvalue weighted by Gasteiger charge is -2.62. The fourth-order valence-corrected chi connectivity index (χ4v) is 20.0. The Kier molecular flexibility index (Phi) is 15.2. The lowest BCUT2D eigenvalue weighted by atomic mass is 9.44. The zero-order valence-corrected chi connectivity index (χ0v) is 42.3. The number of hydrogen-bond donors (Lipinski definition) is 2. The number of rotatable bonds is 12. The first kappa shape index (κ1) is 47.9. The van der Waals surface area contributed by atoms with Gasteiger partial charge in [0.15, 0.2) is 0 Å². The zero-order chi connectivity index (χ0) is 43.4. The molecule has 0 saturated heterocycles. The summed E-state index contributed by atoms with van der Waals surface area (Å²) in [5, 5.41) is 22.3. The molecule has 348 valence electrons. The van der Waals surface area contributed by atoms with E-state index in [1.54, 1.807) is 0 Å². The molecule has 4 unspecified atom stereocenters. The number of aliphatic hydroxyl groups is 2. The zero-order valence-electron chi connectivity index (χ0n) is 42.3. The van der Waals surface area contributed by atoms with Crippen LogP contribution in [0.2, 0.25) is 0 Å². The highest BCUT2D eigenvalue weighted by Gasteiger charge is 2.63. The minimum absolute atomic E-state index is 0.0356. The monoisotopic (exact) mass is 833 g/mol. The van der Waals surface area contributed by atoms with Gasteiger partial charge in [-0.2, -0.15) is 0 Å². The van der Waals surface area contributed by atoms with E-state index in [1.807, 2.05) is 0 Å². The van der Waals surface area contributed by atoms with Crippen molar-refractivity contribution in [2.24, 2.45) is 116 Å². The molecule has 2 heteroatoms. The molecule has 8 fully saturated rings. The van der Waals surface area contributed by atoms with Crippen molar-refractivity contribution in [1.29, 1.82) is 0 Å². The third-order valence-electron chi connectivity index (χ3n) is 23.9. The second-order valence-electron chi connectivity index (χ2n) is 26.3. The van der Waals surface area contributed by atoms with Crippen molar-refractivity contribution in [1.82, 2.24) is 0 Å². The Morgan fingerprint density at radius 3 is 1.17 bits per heavy atom. The van der Waals surface area contributed by atoms with Crippen LogP contribution in [0.1, 0.15) is 237 Å². The van der Waals surface area contributed by atoms with E-state index in [2.05, 4.69) is 83.1 Å². The Balaban J connectivity index is 0.000000181. The fourth-order valence-electron chi connectivity index (χ4n) is 20.0. The first-order chi connectivity index (χ1) is 28.5. The first-order valence-electron chi connectivity index (χ1n) is 27.8. The van der Waals surface area contributed by atoms with E-state index in [-0.39, 0.29) is 23.0 Å². The molecule has 0 aromatic rings. The van der Waals surface area contributed by atoms with Crippen LogP contribution in [0, 0.1) is 116 Å². The van der Waals surface area contributed by atoms with E-state index < -0.39 is 0 Å². The summed E-state index contributed by atoms with van der Waals surface area (Å²) in [5.74, 6) is 14.0. The van der Waals surface area contributed by atoms with Crippen LogP contribution >= 0.6 is 0 Å². The highest BCUT2D eigenvalue weighted by molar-refractivity contribution is 5.13. The molecule has 2 N–H and O–H groups in total. The molecule has 0 aliphatic heterocycles. The molecule has 8 aliphatic rings. The Morgan fingerprint density at radius 1 is 0.433 bits per heavy atom. The van der Waals surface area contributed by atoms with Gasteiger partial charge in [-0.25, -0.2) is 0 Å². The Labute approximate surface area is 374 Å². The van der Waals surface area contributed by atoms with Gasteiger partial charge in [0.05, 0.1) is 12.2 Å². The van der Waals surface area contributed by atoms with Gasteiger partial charge < -0.3 is 10.2 Å². The molecule has 0 aromatic heterocycles. The van der Waals surface area contributed by atoms with Gasteiger partial charge in [-0.15, -0.1) is 0 Å². The Bertz CT molecular complexity index is 1270. The van der Waals surface area contributed by atoms with E-state index in [1.165, 1.54) is 141 Å². The van der Waals surface area contributed by atoms with Crippen LogP contribution in [0.3, 0.4) is 0 Å². The van der Waals surface area contributed by atoms with Crippen LogP contribution in [-0.4, -0.2) is 22.4 Å². The van der Waals surface area contributed by atoms with Crippen LogP contribution in [0.5, 0.6) is 0 Å². The number of fused-ring (bicyclic) bond motifs is 10. The van der Waals surface area contributed by atoms with Crippen molar-refractivity contribution in [3.05, 3.63) is 0 Å². The van der Waals surface area contributed by atoms with Gasteiger partial charge >= 0.3 is 0 Å². The van der Waals surface area contributed by atoms with Crippen LogP contribution in [0.25, 0.3) is 0 Å². The van der Waals surface area contributed by atoms with E-state index >= 15 is 0 Å². The molecule has 60 heavy (non-hydrogen) atoms. The number of hydrogen-bond acceptors (Lipinski definition) is 2. The summed E-state index contributed by atoms with van der Waals surface area (Å²) in [6.45, 7) is 30.1. The second-order valence-corrected chi connectivity index (χ2v) is 26.3. The van der Waals surface area contributed by atoms with Gasteiger partial charge in [-0.1, -0.05) is 122 Å². The first-order valence-corrected chi connectivity index (χ1v) is 27.8. The lowest BCUT2D eigenvalue weighted by molar-refractivity contribution is -0.164. The average molecular weight is 833 g/mol. The molecule has 0 bridgehead atoms. The molecule has 0 spiro atoms. The molecule has 0 heterocycles. The van der Waals surface area contributed by atoms with Crippen molar-refractivity contribution in [3.8, 4) is 0 Å². The predicted molar refractivity (Wildman–Crippen MR) is 256 cm³/mol. The van der Waals surface area contributed by atoms with Gasteiger partial charge in [0.2, 0.25) is 0 Å². The van der Waals surface area contributed by atoms with E-state index in [9.17, 15) is 10.2 Å². The highest BCUT2D eigenvalue weighted by atomic mass is 16.3. The minimum atomic E-state index is -0.0356. The van der Waals surface area contributed by atoms with E-state index in [0.29, 0.717) is 10.8 Å². The van der Waals surface area contributed by atoms with Gasteiger partial charge in [-0.3, -0.25) is 0 Å². The molecule has 2 nitrogen and oxygen atoms in total. The molecule has 8 aliphatic carbocycles. The molecule has 8 rings (SSSR count). The minimum Gasteiger partial charge on any atom is -0.393 e. The summed E-state index contributed by atoms with van der Waals surface area (Å²) < 4.78 is 0. The van der Waals surface area contributed by atoms with E-state index in [0.717, 1.165) is 108 Å². The molecule has 8 saturated carbocycles. The third kappa shape index (κ3) is 8.35. The average Bonchev–Trinajstić information content (AvgIpc) is 3.76. The quantitative estimate of drug-likeness (QED) is 0.206. The Morgan fingerprint density at radius 2 is 0.817 bits per heavy atom. The van der Waals surface area contributed by atoms with Gasteiger partial charge in [0, 0.05) is 0 Å². The van der Waals surface area contributed by atoms with Gasteiger partial charge in [0.1, 0.15) is 0 Å². The summed E-state index contributed by atoms with van der Waals surface area (Å²) in [5.41, 5.74) is 1.58. The molecule has 20 atom stereocenters. The highest BCUT2D eigenvalue weighted by Crippen LogP contribution is 2.70. The smallest absolute Gasteiger partial charge is 0.0599 e. The van der Waals surface area contributed by atoms with Crippen LogP contribution in [-0.2, 0) is 0 Å². The standard InChI is InChI=1S/2C29H52O/c2*1-7-21(19(2)3)12-11-20(4)24-15-16-25-23-14-13-22-9-8-10-27(30)29(22,6)26(23)17-18-28(24,25)5/h2*19-27,30H,7-18H2,1-6H3/t2*20-,21-,22?,23-,24-,25+,26+,27?,28-,29+/m11/s1. The molecule has 0 radical (unpaired) electrons. The van der Waals surface area contributed by atoms with Crippen molar-refractivity contribution in [3.63, 3.8) is 0 Å². The second kappa shape index (κ2) is 19.0. The normalized spacial score (nSPS) is 48.0. The summed E-state index contributed by atoms with van der Waals surface area (Å²) in [4.78, 5) is 0. The van der Waals surface area contributed by atoms with Crippen molar-refractivity contribution >= 4 is 0 Å². The van der Waals surface area contributed by atoms with Crippen LogP contribution < -0.4 is 0 Å². The maximum Gasteiger partial charge on any atom is 0.0599 e. The fraction of sp³-hybridized carbons (Fsp3) is 1.00. The van der Waals surface area contributed by atoms with E-state index in [4.69, 9.17) is 0 Å². The van der Waals surface area contributed by atoms with Crippen LogP contribution in [0.4, 0.5) is 0 Å². The van der Waals surface area contributed by atoms with Gasteiger partial charge in [0.25, 0.3) is 0 Å². The van der Waals surface area contributed by atoms with Gasteiger partial charge in [-0.05, 0) is 232 Å². The SMILES string of the molecule is CC[C@H](CC[C@@H](C)[C@H]1CC[C@H]2[C@H]3CCC4CCCC(O)[C@]4(C)[C@H]3CC[C@]12C)C(C)C.CC[C@H](CC[C@@H](C)[C@H]1CC[C@H]2[C@H]3CCC4CCCC(O)[C@]4(C)[C@H]3CC[C@]12C)C(C)C. The molecular formula is C58H104O2.